The molecule has 12 rings (SSSR count). The zero-order valence-corrected chi connectivity index (χ0v) is 30.3. The molecule has 8 aromatic carbocycles. The first-order chi connectivity index (χ1) is 27.8. The van der Waals surface area contributed by atoms with Gasteiger partial charge in [-0.05, 0) is 64.2 Å². The molecule has 0 atom stereocenters. The Bertz CT molecular complexity index is 3490. The van der Waals surface area contributed by atoms with E-state index in [1.807, 2.05) is 6.20 Å². The van der Waals surface area contributed by atoms with Gasteiger partial charge in [-0.1, -0.05) is 146 Å². The number of fused-ring (bicyclic) bond motifs is 13. The summed E-state index contributed by atoms with van der Waals surface area (Å²) in [5, 5.41) is 10.7. The fourth-order valence-corrected chi connectivity index (χ4v) is 9.12. The van der Waals surface area contributed by atoms with Gasteiger partial charge < -0.3 is 4.57 Å². The van der Waals surface area contributed by atoms with Crippen LogP contribution in [-0.4, -0.2) is 19.1 Å². The lowest BCUT2D eigenvalue weighted by atomic mass is 9.94. The summed E-state index contributed by atoms with van der Waals surface area (Å²) >= 11 is 0. The van der Waals surface area contributed by atoms with Gasteiger partial charge in [0.1, 0.15) is 5.82 Å². The normalized spacial score (nSPS) is 11.9. The molecule has 0 fully saturated rings. The molecule has 4 heteroatoms. The number of rotatable bonds is 4. The lowest BCUT2D eigenvalue weighted by Gasteiger charge is -2.16. The summed E-state index contributed by atoms with van der Waals surface area (Å²) in [7, 11) is 0. The van der Waals surface area contributed by atoms with Gasteiger partial charge >= 0.3 is 0 Å². The number of para-hydroxylation sites is 3. The molecule has 0 spiro atoms. The van der Waals surface area contributed by atoms with Gasteiger partial charge in [-0.3, -0.25) is 9.55 Å². The minimum atomic E-state index is 0.853. The fourth-order valence-electron chi connectivity index (χ4n) is 9.12. The molecule has 4 nitrogen and oxygen atoms in total. The molecular formula is C52H32N4. The molecule has 0 saturated heterocycles. The van der Waals surface area contributed by atoms with Crippen molar-refractivity contribution in [2.24, 2.45) is 0 Å². The van der Waals surface area contributed by atoms with Crippen LogP contribution >= 0.6 is 0 Å². The van der Waals surface area contributed by atoms with Crippen molar-refractivity contribution < 1.29 is 0 Å². The van der Waals surface area contributed by atoms with E-state index < -0.39 is 0 Å². The number of hydrogen-bond acceptors (Lipinski definition) is 2. The maximum Gasteiger partial charge on any atom is 0.138 e. The maximum atomic E-state index is 5.69. The van der Waals surface area contributed by atoms with Gasteiger partial charge in [0.25, 0.3) is 0 Å². The number of pyridine rings is 2. The SMILES string of the molecule is c1ccc(-c2ccc(-n3c4ccccc4c4ccc5c6ccccc6n(-c6ccccc6)c5c43)nc2-c2cnc3c4ccccc4c4ccccc4c3c2)cc1. The predicted molar refractivity (Wildman–Crippen MR) is 234 cm³/mol. The third kappa shape index (κ3) is 4.41. The van der Waals surface area contributed by atoms with E-state index in [9.17, 15) is 0 Å². The highest BCUT2D eigenvalue weighted by atomic mass is 15.1. The Morgan fingerprint density at radius 2 is 0.875 bits per heavy atom. The van der Waals surface area contributed by atoms with Crippen molar-refractivity contribution in [3.63, 3.8) is 0 Å². The van der Waals surface area contributed by atoms with Crippen LogP contribution in [0.1, 0.15) is 0 Å². The van der Waals surface area contributed by atoms with E-state index in [1.165, 1.54) is 43.2 Å². The van der Waals surface area contributed by atoms with Crippen molar-refractivity contribution >= 4 is 76.1 Å². The summed E-state index contributed by atoms with van der Waals surface area (Å²) in [4.78, 5) is 10.9. The standard InChI is InChI=1S/C52H32N4/c1-3-15-33(16-4-1)36-29-30-48(54-49(36)34-31-45-39-21-8-7-19-37(39)38-20-9-10-24-42(38)50(45)53-32-34)56-47-26-14-12-23-41(47)44-28-27-43-40-22-11-13-25-46(40)55(51(43)52(44)56)35-17-5-2-6-18-35/h1-32H. The molecule has 56 heavy (non-hydrogen) atoms. The first kappa shape index (κ1) is 30.9. The Balaban J connectivity index is 1.20. The van der Waals surface area contributed by atoms with Crippen LogP contribution in [0.3, 0.4) is 0 Å². The Kier molecular flexibility index (Phi) is 6.60. The summed E-state index contributed by atoms with van der Waals surface area (Å²) in [6.45, 7) is 0. The van der Waals surface area contributed by atoms with E-state index in [1.54, 1.807) is 0 Å². The first-order valence-corrected chi connectivity index (χ1v) is 19.1. The number of benzene rings is 8. The Morgan fingerprint density at radius 1 is 0.357 bits per heavy atom. The van der Waals surface area contributed by atoms with Crippen molar-refractivity contribution in [1.82, 2.24) is 19.1 Å². The van der Waals surface area contributed by atoms with E-state index in [-0.39, 0.29) is 0 Å². The zero-order valence-electron chi connectivity index (χ0n) is 30.3. The van der Waals surface area contributed by atoms with Crippen molar-refractivity contribution in [2.45, 2.75) is 0 Å². The van der Waals surface area contributed by atoms with Crippen LogP contribution in [0.2, 0.25) is 0 Å². The third-order valence-electron chi connectivity index (χ3n) is 11.5. The molecule has 0 radical (unpaired) electrons. The third-order valence-corrected chi connectivity index (χ3v) is 11.5. The second-order valence-corrected chi connectivity index (χ2v) is 14.5. The summed E-state index contributed by atoms with van der Waals surface area (Å²) in [6.07, 6.45) is 2.01. The van der Waals surface area contributed by atoms with E-state index in [4.69, 9.17) is 9.97 Å². The van der Waals surface area contributed by atoms with Gasteiger partial charge in [0.2, 0.25) is 0 Å². The molecule has 0 aliphatic carbocycles. The van der Waals surface area contributed by atoms with E-state index in [0.29, 0.717) is 0 Å². The minimum absolute atomic E-state index is 0.853. The molecule has 0 saturated carbocycles. The summed E-state index contributed by atoms with van der Waals surface area (Å²) in [5.41, 5.74) is 10.7. The highest BCUT2D eigenvalue weighted by Crippen LogP contribution is 2.43. The maximum absolute atomic E-state index is 5.69. The van der Waals surface area contributed by atoms with Crippen LogP contribution < -0.4 is 0 Å². The molecule has 0 unspecified atom stereocenters. The highest BCUT2D eigenvalue weighted by Gasteiger charge is 2.23. The second kappa shape index (κ2) is 12.0. The zero-order chi connectivity index (χ0) is 36.7. The molecule has 12 aromatic rings. The molecule has 4 aromatic heterocycles. The predicted octanol–water partition coefficient (Wildman–Crippen LogP) is 13.5. The number of nitrogens with zero attached hydrogens (tertiary/aromatic N) is 4. The molecule has 4 heterocycles. The number of hydrogen-bond donors (Lipinski definition) is 0. The van der Waals surface area contributed by atoms with E-state index in [2.05, 4.69) is 197 Å². The first-order valence-electron chi connectivity index (χ1n) is 19.1. The lowest BCUT2D eigenvalue weighted by Crippen LogP contribution is -2.02. The van der Waals surface area contributed by atoms with Crippen LogP contribution in [0.5, 0.6) is 0 Å². The van der Waals surface area contributed by atoms with Gasteiger partial charge in [-0.15, -0.1) is 0 Å². The van der Waals surface area contributed by atoms with E-state index >= 15 is 0 Å². The monoisotopic (exact) mass is 712 g/mol. The van der Waals surface area contributed by atoms with Crippen LogP contribution in [0.15, 0.2) is 194 Å². The van der Waals surface area contributed by atoms with Crippen LogP contribution in [0.25, 0.3) is 110 Å². The second-order valence-electron chi connectivity index (χ2n) is 14.5. The fraction of sp³-hybridized carbons (Fsp3) is 0. The van der Waals surface area contributed by atoms with Crippen molar-refractivity contribution in [1.29, 1.82) is 0 Å². The largest absolute Gasteiger partial charge is 0.307 e. The van der Waals surface area contributed by atoms with Gasteiger partial charge in [0.15, 0.2) is 0 Å². The molecule has 0 amide bonds. The molecule has 0 N–H and O–H groups in total. The highest BCUT2D eigenvalue weighted by molar-refractivity contribution is 6.25. The molecule has 260 valence electrons. The number of aromatic nitrogens is 4. The van der Waals surface area contributed by atoms with Crippen LogP contribution in [0.4, 0.5) is 0 Å². The van der Waals surface area contributed by atoms with Crippen molar-refractivity contribution in [3.8, 4) is 33.9 Å². The lowest BCUT2D eigenvalue weighted by molar-refractivity contribution is 1.08. The van der Waals surface area contributed by atoms with Crippen molar-refractivity contribution in [2.75, 3.05) is 0 Å². The summed E-state index contributed by atoms with van der Waals surface area (Å²) < 4.78 is 4.80. The smallest absolute Gasteiger partial charge is 0.138 e. The topological polar surface area (TPSA) is 35.6 Å². The van der Waals surface area contributed by atoms with Crippen LogP contribution in [-0.2, 0) is 0 Å². The average Bonchev–Trinajstić information content (AvgIpc) is 3.80. The summed E-state index contributed by atoms with van der Waals surface area (Å²) in [5.74, 6) is 0.853. The quantitative estimate of drug-likeness (QED) is 0.170. The van der Waals surface area contributed by atoms with Gasteiger partial charge in [0, 0.05) is 55.3 Å². The Hall–Kier alpha value is -7.56. The minimum Gasteiger partial charge on any atom is -0.307 e. The molecular weight excluding hydrogens is 681 g/mol. The van der Waals surface area contributed by atoms with Crippen LogP contribution in [0, 0.1) is 0 Å². The Morgan fingerprint density at radius 3 is 1.55 bits per heavy atom. The van der Waals surface area contributed by atoms with Gasteiger partial charge in [-0.2, -0.15) is 0 Å². The summed E-state index contributed by atoms with van der Waals surface area (Å²) in [6, 6.07) is 67.3. The molecule has 0 bridgehead atoms. The molecule has 0 aliphatic rings. The Labute approximate surface area is 322 Å². The average molecular weight is 713 g/mol. The van der Waals surface area contributed by atoms with E-state index in [0.717, 1.165) is 66.7 Å². The van der Waals surface area contributed by atoms with Gasteiger partial charge in [-0.25, -0.2) is 4.98 Å². The van der Waals surface area contributed by atoms with Crippen molar-refractivity contribution in [3.05, 3.63) is 194 Å². The van der Waals surface area contributed by atoms with Gasteiger partial charge in [0.05, 0.1) is 33.3 Å². The molecule has 0 aliphatic heterocycles.